The van der Waals surface area contributed by atoms with E-state index in [0.717, 1.165) is 5.56 Å². The third kappa shape index (κ3) is 3.02. The molecule has 5 heteroatoms. The number of hydrogen-bond donors (Lipinski definition) is 2. The van der Waals surface area contributed by atoms with E-state index in [1.807, 2.05) is 6.92 Å². The summed E-state index contributed by atoms with van der Waals surface area (Å²) in [5.74, 6) is -0.355. The third-order valence-electron chi connectivity index (χ3n) is 1.91. The number of ether oxygens (including phenoxy) is 1. The van der Waals surface area contributed by atoms with Crippen LogP contribution in [0, 0.1) is 6.92 Å². The van der Waals surface area contributed by atoms with E-state index in [0.29, 0.717) is 16.5 Å². The van der Waals surface area contributed by atoms with Gasteiger partial charge < -0.3 is 15.2 Å². The second-order valence-corrected chi connectivity index (χ2v) is 3.46. The summed E-state index contributed by atoms with van der Waals surface area (Å²) in [5.41, 5.74) is 1.46. The Morgan fingerprint density at radius 3 is 2.80 bits per heavy atom. The fraction of sp³-hybridized carbons (Fsp3) is 0.300. The molecule has 0 heterocycles. The Labute approximate surface area is 92.8 Å². The first-order valence-corrected chi connectivity index (χ1v) is 4.72. The lowest BCUT2D eigenvalue weighted by atomic mass is 10.2. The molecule has 0 unspecified atom stereocenters. The lowest BCUT2D eigenvalue weighted by molar-refractivity contribution is -0.134. The number of aryl methyl sites for hydroxylation is 1. The van der Waals surface area contributed by atoms with E-state index < -0.39 is 5.97 Å². The zero-order valence-electron chi connectivity index (χ0n) is 8.50. The van der Waals surface area contributed by atoms with Crippen LogP contribution in [0.3, 0.4) is 0 Å². The molecule has 0 amide bonds. The van der Waals surface area contributed by atoms with E-state index in [1.54, 1.807) is 12.1 Å². The van der Waals surface area contributed by atoms with Gasteiger partial charge in [-0.2, -0.15) is 0 Å². The smallest absolute Gasteiger partial charge is 0.322 e. The van der Waals surface area contributed by atoms with Crippen molar-refractivity contribution in [1.82, 2.24) is 0 Å². The molecule has 0 saturated heterocycles. The van der Waals surface area contributed by atoms with Crippen molar-refractivity contribution in [3.05, 3.63) is 22.7 Å². The third-order valence-corrected chi connectivity index (χ3v) is 2.32. The van der Waals surface area contributed by atoms with Gasteiger partial charge in [-0.25, -0.2) is 0 Å². The highest BCUT2D eigenvalue weighted by atomic mass is 35.5. The number of rotatable bonds is 4. The van der Waals surface area contributed by atoms with Gasteiger partial charge in [-0.3, -0.25) is 4.79 Å². The molecule has 0 atom stereocenters. The Morgan fingerprint density at radius 1 is 1.60 bits per heavy atom. The van der Waals surface area contributed by atoms with Crippen molar-refractivity contribution in [3.63, 3.8) is 0 Å². The van der Waals surface area contributed by atoms with Crippen molar-refractivity contribution in [2.24, 2.45) is 0 Å². The molecule has 0 saturated carbocycles. The van der Waals surface area contributed by atoms with Crippen LogP contribution in [0.5, 0.6) is 5.75 Å². The monoisotopic (exact) mass is 229 g/mol. The number of aliphatic carboxylic acids is 1. The summed E-state index contributed by atoms with van der Waals surface area (Å²) < 4.78 is 5.10. The maximum absolute atomic E-state index is 10.4. The average Bonchev–Trinajstić information content (AvgIpc) is 2.19. The van der Waals surface area contributed by atoms with E-state index in [2.05, 4.69) is 5.32 Å². The molecule has 0 radical (unpaired) electrons. The van der Waals surface area contributed by atoms with Gasteiger partial charge in [0.1, 0.15) is 12.3 Å². The van der Waals surface area contributed by atoms with Crippen molar-refractivity contribution in [2.45, 2.75) is 6.92 Å². The maximum Gasteiger partial charge on any atom is 0.322 e. The number of carboxylic acids is 1. The highest BCUT2D eigenvalue weighted by Crippen LogP contribution is 2.30. The quantitative estimate of drug-likeness (QED) is 0.831. The number of hydrogen-bond acceptors (Lipinski definition) is 3. The zero-order valence-corrected chi connectivity index (χ0v) is 9.26. The standard InChI is InChI=1S/C10H12ClNO3/c1-6-3-9(15-2)8(4-7(6)11)12-5-10(13)14/h3-4,12H,5H2,1-2H3,(H,13,14). The lowest BCUT2D eigenvalue weighted by Crippen LogP contribution is -2.13. The van der Waals surface area contributed by atoms with Gasteiger partial charge >= 0.3 is 5.97 Å². The summed E-state index contributed by atoms with van der Waals surface area (Å²) in [6, 6.07) is 3.41. The van der Waals surface area contributed by atoms with E-state index >= 15 is 0 Å². The first-order valence-electron chi connectivity index (χ1n) is 4.34. The van der Waals surface area contributed by atoms with Crippen molar-refractivity contribution < 1.29 is 14.6 Å². The van der Waals surface area contributed by atoms with Crippen LogP contribution in [-0.4, -0.2) is 24.7 Å². The van der Waals surface area contributed by atoms with Crippen LogP contribution in [0.1, 0.15) is 5.56 Å². The van der Waals surface area contributed by atoms with Crippen LogP contribution in [0.2, 0.25) is 5.02 Å². The molecule has 15 heavy (non-hydrogen) atoms. The van der Waals surface area contributed by atoms with Crippen LogP contribution in [0.4, 0.5) is 5.69 Å². The number of carbonyl (C=O) groups is 1. The molecule has 82 valence electrons. The number of anilines is 1. The fourth-order valence-electron chi connectivity index (χ4n) is 1.13. The van der Waals surface area contributed by atoms with Crippen LogP contribution in [0.25, 0.3) is 0 Å². The molecule has 1 aromatic rings. The minimum Gasteiger partial charge on any atom is -0.495 e. The molecule has 0 aromatic heterocycles. The van der Waals surface area contributed by atoms with E-state index in [1.165, 1.54) is 7.11 Å². The topological polar surface area (TPSA) is 58.6 Å². The van der Waals surface area contributed by atoms with Gasteiger partial charge in [0.25, 0.3) is 0 Å². The number of carboxylic acid groups (broad SMARTS) is 1. The number of nitrogens with one attached hydrogen (secondary N) is 1. The first-order chi connectivity index (χ1) is 7.04. The molecule has 0 aliphatic heterocycles. The Bertz CT molecular complexity index is 379. The molecule has 1 rings (SSSR count). The molecule has 0 bridgehead atoms. The second kappa shape index (κ2) is 4.89. The first kappa shape index (κ1) is 11.7. The summed E-state index contributed by atoms with van der Waals surface area (Å²) in [7, 11) is 1.52. The van der Waals surface area contributed by atoms with E-state index in [4.69, 9.17) is 21.4 Å². The van der Waals surface area contributed by atoms with Gasteiger partial charge in [0.05, 0.1) is 12.8 Å². The largest absolute Gasteiger partial charge is 0.495 e. The molecular weight excluding hydrogens is 218 g/mol. The molecular formula is C10H12ClNO3. The summed E-state index contributed by atoms with van der Waals surface area (Å²) >= 11 is 5.92. The zero-order chi connectivity index (χ0) is 11.4. The summed E-state index contributed by atoms with van der Waals surface area (Å²) in [6.45, 7) is 1.68. The molecule has 0 fully saturated rings. The second-order valence-electron chi connectivity index (χ2n) is 3.05. The van der Waals surface area contributed by atoms with Crippen molar-refractivity contribution in [2.75, 3.05) is 19.0 Å². The molecule has 4 nitrogen and oxygen atoms in total. The maximum atomic E-state index is 10.4. The van der Waals surface area contributed by atoms with E-state index in [-0.39, 0.29) is 6.54 Å². The van der Waals surface area contributed by atoms with Crippen molar-refractivity contribution >= 4 is 23.3 Å². The summed E-state index contributed by atoms with van der Waals surface area (Å²) in [6.07, 6.45) is 0. The minimum absolute atomic E-state index is 0.171. The highest BCUT2D eigenvalue weighted by Gasteiger charge is 2.07. The molecule has 0 aliphatic rings. The van der Waals surface area contributed by atoms with Crippen LogP contribution >= 0.6 is 11.6 Å². The summed E-state index contributed by atoms with van der Waals surface area (Å²) in [5, 5.41) is 11.8. The Hall–Kier alpha value is -1.42. The van der Waals surface area contributed by atoms with Gasteiger partial charge in [-0.15, -0.1) is 0 Å². The van der Waals surface area contributed by atoms with Crippen LogP contribution < -0.4 is 10.1 Å². The van der Waals surface area contributed by atoms with Gasteiger partial charge in [0.15, 0.2) is 0 Å². The number of benzene rings is 1. The van der Waals surface area contributed by atoms with Gasteiger partial charge in [-0.05, 0) is 24.6 Å². The van der Waals surface area contributed by atoms with E-state index in [9.17, 15) is 4.79 Å². The average molecular weight is 230 g/mol. The highest BCUT2D eigenvalue weighted by molar-refractivity contribution is 6.31. The van der Waals surface area contributed by atoms with Gasteiger partial charge in [-0.1, -0.05) is 11.6 Å². The fourth-order valence-corrected chi connectivity index (χ4v) is 1.30. The van der Waals surface area contributed by atoms with Crippen LogP contribution in [-0.2, 0) is 4.79 Å². The van der Waals surface area contributed by atoms with Crippen molar-refractivity contribution in [1.29, 1.82) is 0 Å². The molecule has 2 N–H and O–H groups in total. The Balaban J connectivity index is 2.94. The predicted molar refractivity (Wildman–Crippen MR) is 58.9 cm³/mol. The van der Waals surface area contributed by atoms with Gasteiger partial charge in [0.2, 0.25) is 0 Å². The normalized spacial score (nSPS) is 9.80. The van der Waals surface area contributed by atoms with Gasteiger partial charge in [0, 0.05) is 5.02 Å². The lowest BCUT2D eigenvalue weighted by Gasteiger charge is -2.11. The number of halogens is 1. The SMILES string of the molecule is COc1cc(C)c(Cl)cc1NCC(=O)O. The molecule has 0 aliphatic carbocycles. The summed E-state index contributed by atoms with van der Waals surface area (Å²) in [4.78, 5) is 10.4. The molecule has 0 spiro atoms. The Morgan fingerprint density at radius 2 is 2.27 bits per heavy atom. The van der Waals surface area contributed by atoms with Crippen molar-refractivity contribution in [3.8, 4) is 5.75 Å². The van der Waals surface area contributed by atoms with Crippen LogP contribution in [0.15, 0.2) is 12.1 Å². The predicted octanol–water partition coefficient (Wildman–Crippen LogP) is 2.15. The number of methoxy groups -OCH3 is 1. The Kier molecular flexibility index (Phi) is 3.80. The molecule has 1 aromatic carbocycles. The minimum atomic E-state index is -0.936.